The summed E-state index contributed by atoms with van der Waals surface area (Å²) in [5, 5.41) is 6.44. The van der Waals surface area contributed by atoms with Gasteiger partial charge in [0, 0.05) is 17.4 Å². The number of hydrogen-bond donors (Lipinski definition) is 2. The molecule has 148 valence electrons. The molecule has 2 N–H and O–H groups in total. The molecule has 2 heterocycles. The number of ether oxygens (including phenoxy) is 1. The van der Waals surface area contributed by atoms with E-state index in [1.54, 1.807) is 0 Å². The standard InChI is InChI=1S/C20H34N2O3S/c1-2-3-4-5-6-7-8-11-14-25-18(23)13-10-9-12-17-19-16(15-26-17)21-20(24)22-19/h2,16-17,19H,1,3-15H2,(H2,21,22,24)/t16-,17-,19-/m0/s1. The van der Waals surface area contributed by atoms with Gasteiger partial charge in [-0.3, -0.25) is 4.79 Å². The van der Waals surface area contributed by atoms with Gasteiger partial charge in [0.1, 0.15) is 0 Å². The van der Waals surface area contributed by atoms with Crippen molar-refractivity contribution in [1.29, 1.82) is 0 Å². The molecule has 0 aromatic carbocycles. The normalized spacial score (nSPS) is 24.0. The molecule has 2 fully saturated rings. The molecule has 0 spiro atoms. The Bertz CT molecular complexity index is 458. The van der Waals surface area contributed by atoms with Crippen LogP contribution in [0.4, 0.5) is 4.79 Å². The highest BCUT2D eigenvalue weighted by Gasteiger charge is 2.42. The Kier molecular flexibility index (Phi) is 9.96. The average Bonchev–Trinajstić information content (AvgIpc) is 3.16. The van der Waals surface area contributed by atoms with Gasteiger partial charge in [0.2, 0.25) is 0 Å². The number of hydrogen-bond acceptors (Lipinski definition) is 4. The minimum absolute atomic E-state index is 0.0364. The molecule has 6 heteroatoms. The summed E-state index contributed by atoms with van der Waals surface area (Å²) in [7, 11) is 0. The molecule has 0 aromatic heterocycles. The van der Waals surface area contributed by atoms with E-state index >= 15 is 0 Å². The van der Waals surface area contributed by atoms with Crippen molar-refractivity contribution in [3.63, 3.8) is 0 Å². The molecule has 26 heavy (non-hydrogen) atoms. The third kappa shape index (κ3) is 7.60. The number of allylic oxidation sites excluding steroid dienone is 1. The Hall–Kier alpha value is -1.17. The number of rotatable bonds is 14. The molecule has 2 amide bonds. The minimum atomic E-state index is -0.0660. The maximum atomic E-state index is 11.8. The fourth-order valence-electron chi connectivity index (χ4n) is 3.61. The van der Waals surface area contributed by atoms with E-state index in [1.807, 2.05) is 17.8 Å². The zero-order valence-corrected chi connectivity index (χ0v) is 16.7. The number of carbonyl (C=O) groups excluding carboxylic acids is 2. The summed E-state index contributed by atoms with van der Waals surface area (Å²) in [6.45, 7) is 4.29. The Morgan fingerprint density at radius 1 is 1.12 bits per heavy atom. The monoisotopic (exact) mass is 382 g/mol. The van der Waals surface area contributed by atoms with Gasteiger partial charge < -0.3 is 15.4 Å². The van der Waals surface area contributed by atoms with Crippen LogP contribution >= 0.6 is 11.8 Å². The predicted octanol–water partition coefficient (Wildman–Crippen LogP) is 4.17. The van der Waals surface area contributed by atoms with Crippen LogP contribution in [0, 0.1) is 0 Å². The molecular formula is C20H34N2O3S. The second-order valence-electron chi connectivity index (χ2n) is 7.29. The van der Waals surface area contributed by atoms with Crippen LogP contribution in [0.2, 0.25) is 0 Å². The van der Waals surface area contributed by atoms with Gasteiger partial charge in [-0.25, -0.2) is 4.79 Å². The molecule has 0 unspecified atom stereocenters. The highest BCUT2D eigenvalue weighted by atomic mass is 32.2. The Morgan fingerprint density at radius 2 is 1.88 bits per heavy atom. The summed E-state index contributed by atoms with van der Waals surface area (Å²) >= 11 is 1.92. The Morgan fingerprint density at radius 3 is 2.69 bits per heavy atom. The van der Waals surface area contributed by atoms with Gasteiger partial charge in [0.25, 0.3) is 0 Å². The first kappa shape index (κ1) is 21.1. The van der Waals surface area contributed by atoms with Gasteiger partial charge in [-0.05, 0) is 32.1 Å². The molecule has 2 aliphatic rings. The van der Waals surface area contributed by atoms with Crippen molar-refractivity contribution in [2.24, 2.45) is 0 Å². The third-order valence-electron chi connectivity index (χ3n) is 5.12. The zero-order chi connectivity index (χ0) is 18.6. The van der Waals surface area contributed by atoms with E-state index in [4.69, 9.17) is 4.74 Å². The summed E-state index contributed by atoms with van der Waals surface area (Å²) < 4.78 is 5.32. The van der Waals surface area contributed by atoms with Crippen molar-refractivity contribution in [3.05, 3.63) is 12.7 Å². The lowest BCUT2D eigenvalue weighted by Gasteiger charge is -2.16. The van der Waals surface area contributed by atoms with E-state index in [-0.39, 0.29) is 24.1 Å². The first-order chi connectivity index (χ1) is 12.7. The molecule has 0 aromatic rings. The number of fused-ring (bicyclic) bond motifs is 1. The largest absolute Gasteiger partial charge is 0.466 e. The van der Waals surface area contributed by atoms with Crippen molar-refractivity contribution in [1.82, 2.24) is 10.6 Å². The average molecular weight is 383 g/mol. The second-order valence-corrected chi connectivity index (χ2v) is 8.56. The van der Waals surface area contributed by atoms with Crippen molar-refractivity contribution in [2.45, 2.75) is 88.0 Å². The molecule has 5 nitrogen and oxygen atoms in total. The number of esters is 1. The van der Waals surface area contributed by atoms with Crippen LogP contribution < -0.4 is 10.6 Å². The lowest BCUT2D eigenvalue weighted by atomic mass is 10.0. The number of thioether (sulfide) groups is 1. The van der Waals surface area contributed by atoms with E-state index in [2.05, 4.69) is 17.2 Å². The van der Waals surface area contributed by atoms with E-state index in [1.165, 1.54) is 25.7 Å². The van der Waals surface area contributed by atoms with Gasteiger partial charge in [-0.15, -0.1) is 6.58 Å². The summed E-state index contributed by atoms with van der Waals surface area (Å²) in [5.41, 5.74) is 0. The zero-order valence-electron chi connectivity index (χ0n) is 15.8. The van der Waals surface area contributed by atoms with E-state index in [0.29, 0.717) is 18.3 Å². The quantitative estimate of drug-likeness (QED) is 0.205. The minimum Gasteiger partial charge on any atom is -0.466 e. The fraction of sp³-hybridized carbons (Fsp3) is 0.800. The van der Waals surface area contributed by atoms with Crippen LogP contribution in [0.25, 0.3) is 0 Å². The smallest absolute Gasteiger partial charge is 0.315 e. The first-order valence-corrected chi connectivity index (χ1v) is 11.2. The SMILES string of the molecule is C=CCCCCCCCCOC(=O)CCCC[C@@H]1SC[C@@H]2NC(=O)N[C@@H]21. The maximum absolute atomic E-state index is 11.8. The molecule has 2 rings (SSSR count). The van der Waals surface area contributed by atoms with Gasteiger partial charge in [0.15, 0.2) is 0 Å². The van der Waals surface area contributed by atoms with Crippen LogP contribution in [0.3, 0.4) is 0 Å². The van der Waals surface area contributed by atoms with Crippen LogP contribution in [0.5, 0.6) is 0 Å². The fourth-order valence-corrected chi connectivity index (χ4v) is 5.16. The highest BCUT2D eigenvalue weighted by Crippen LogP contribution is 2.33. The molecule has 0 bridgehead atoms. The second kappa shape index (κ2) is 12.3. The lowest BCUT2D eigenvalue weighted by molar-refractivity contribution is -0.143. The Balaban J connectivity index is 1.39. The van der Waals surface area contributed by atoms with Crippen LogP contribution in [0.1, 0.15) is 70.6 Å². The maximum Gasteiger partial charge on any atom is 0.315 e. The predicted molar refractivity (Wildman–Crippen MR) is 107 cm³/mol. The molecule has 0 radical (unpaired) electrons. The number of urea groups is 1. The van der Waals surface area contributed by atoms with E-state index in [9.17, 15) is 9.59 Å². The van der Waals surface area contributed by atoms with E-state index in [0.717, 1.165) is 44.3 Å². The third-order valence-corrected chi connectivity index (χ3v) is 6.63. The highest BCUT2D eigenvalue weighted by molar-refractivity contribution is 8.00. The molecule has 2 saturated heterocycles. The molecular weight excluding hydrogens is 348 g/mol. The Labute approximate surface area is 162 Å². The van der Waals surface area contributed by atoms with Crippen molar-refractivity contribution < 1.29 is 14.3 Å². The van der Waals surface area contributed by atoms with Crippen LogP contribution in [-0.4, -0.2) is 41.7 Å². The van der Waals surface area contributed by atoms with Crippen LogP contribution in [0.15, 0.2) is 12.7 Å². The number of amides is 2. The molecule has 0 saturated carbocycles. The molecule has 0 aliphatic carbocycles. The molecule has 2 aliphatic heterocycles. The number of nitrogens with one attached hydrogen (secondary N) is 2. The summed E-state index contributed by atoms with van der Waals surface area (Å²) in [6, 6.07) is 0.506. The van der Waals surface area contributed by atoms with Crippen molar-refractivity contribution >= 4 is 23.8 Å². The van der Waals surface area contributed by atoms with Gasteiger partial charge in [0.05, 0.1) is 18.7 Å². The summed E-state index contributed by atoms with van der Waals surface area (Å²) in [4.78, 5) is 23.1. The number of unbranched alkanes of at least 4 members (excludes halogenated alkanes) is 7. The van der Waals surface area contributed by atoms with Crippen molar-refractivity contribution in [2.75, 3.05) is 12.4 Å². The van der Waals surface area contributed by atoms with E-state index < -0.39 is 0 Å². The van der Waals surface area contributed by atoms with Gasteiger partial charge >= 0.3 is 12.0 Å². The first-order valence-electron chi connectivity index (χ1n) is 10.2. The van der Waals surface area contributed by atoms with Crippen molar-refractivity contribution in [3.8, 4) is 0 Å². The summed E-state index contributed by atoms with van der Waals surface area (Å²) in [5.74, 6) is 0.924. The van der Waals surface area contributed by atoms with Gasteiger partial charge in [-0.2, -0.15) is 11.8 Å². The topological polar surface area (TPSA) is 67.4 Å². The lowest BCUT2D eigenvalue weighted by Crippen LogP contribution is -2.36. The molecule has 3 atom stereocenters. The van der Waals surface area contributed by atoms with Crippen LogP contribution in [-0.2, 0) is 9.53 Å². The summed E-state index contributed by atoms with van der Waals surface area (Å²) in [6.07, 6.45) is 13.6. The number of carbonyl (C=O) groups is 2. The van der Waals surface area contributed by atoms with Gasteiger partial charge in [-0.1, -0.05) is 38.2 Å².